The number of alkyl halides is 3. The summed E-state index contributed by atoms with van der Waals surface area (Å²) >= 11 is 0. The van der Waals surface area contributed by atoms with Crippen molar-refractivity contribution >= 4 is 24.9 Å². The standard InChI is InChI=1S/C17H18F3NOSi/c1-23(2,15-11-7-4-8-12-15)13-21(16(22)17(18,19)20)14-9-5-3-6-10-14/h3-12H,13H2,1-2H3. The summed E-state index contributed by atoms with van der Waals surface area (Å²) < 4.78 is 39.0. The van der Waals surface area contributed by atoms with Gasteiger partial charge >= 0.3 is 12.1 Å². The lowest BCUT2D eigenvalue weighted by atomic mass is 10.3. The molecule has 0 heterocycles. The van der Waals surface area contributed by atoms with Gasteiger partial charge < -0.3 is 4.90 Å². The molecule has 0 N–H and O–H groups in total. The van der Waals surface area contributed by atoms with Crippen LogP contribution in [0.4, 0.5) is 18.9 Å². The van der Waals surface area contributed by atoms with E-state index in [1.807, 2.05) is 43.4 Å². The maximum atomic E-state index is 13.0. The number of hydrogen-bond acceptors (Lipinski definition) is 1. The molecule has 0 aliphatic rings. The molecule has 0 unspecified atom stereocenters. The Kier molecular flexibility index (Phi) is 4.94. The topological polar surface area (TPSA) is 20.3 Å². The Labute approximate surface area is 134 Å². The van der Waals surface area contributed by atoms with Gasteiger partial charge in [-0.05, 0) is 12.1 Å². The summed E-state index contributed by atoms with van der Waals surface area (Å²) in [5, 5.41) is 1.01. The lowest BCUT2D eigenvalue weighted by Crippen LogP contribution is -2.55. The van der Waals surface area contributed by atoms with Crippen molar-refractivity contribution in [2.75, 3.05) is 11.1 Å². The molecule has 23 heavy (non-hydrogen) atoms. The van der Waals surface area contributed by atoms with Gasteiger partial charge in [0.05, 0.1) is 0 Å². The third-order valence-corrected chi connectivity index (χ3v) is 6.67. The Bertz CT molecular complexity index is 657. The molecule has 0 spiro atoms. The van der Waals surface area contributed by atoms with E-state index in [2.05, 4.69) is 0 Å². The minimum absolute atomic E-state index is 0.0688. The van der Waals surface area contributed by atoms with Crippen LogP contribution in [0.3, 0.4) is 0 Å². The lowest BCUT2D eigenvalue weighted by molar-refractivity contribution is -0.170. The van der Waals surface area contributed by atoms with Crippen LogP contribution in [0.2, 0.25) is 13.1 Å². The number of amides is 1. The maximum Gasteiger partial charge on any atom is 0.471 e. The smallest absolute Gasteiger partial charge is 0.307 e. The largest absolute Gasteiger partial charge is 0.471 e. The van der Waals surface area contributed by atoms with Crippen molar-refractivity contribution in [2.24, 2.45) is 0 Å². The molecular formula is C17H18F3NOSi. The van der Waals surface area contributed by atoms with E-state index in [-0.39, 0.29) is 11.9 Å². The van der Waals surface area contributed by atoms with E-state index in [0.717, 1.165) is 10.1 Å². The molecule has 0 aromatic heterocycles. The molecule has 2 rings (SSSR count). The van der Waals surface area contributed by atoms with Crippen LogP contribution in [-0.2, 0) is 4.79 Å². The zero-order valence-electron chi connectivity index (χ0n) is 13.0. The summed E-state index contributed by atoms with van der Waals surface area (Å²) in [5.74, 6) is -1.82. The van der Waals surface area contributed by atoms with Crippen LogP contribution in [0.1, 0.15) is 0 Å². The Morgan fingerprint density at radius 2 is 1.43 bits per heavy atom. The monoisotopic (exact) mass is 337 g/mol. The first-order valence-corrected chi connectivity index (χ1v) is 10.4. The van der Waals surface area contributed by atoms with Gasteiger partial charge in [0.15, 0.2) is 0 Å². The summed E-state index contributed by atoms with van der Waals surface area (Å²) in [5.41, 5.74) is 0.270. The number of nitrogens with zero attached hydrogens (tertiary/aromatic N) is 1. The first-order chi connectivity index (χ1) is 10.7. The van der Waals surface area contributed by atoms with Crippen LogP contribution >= 0.6 is 0 Å². The molecular weight excluding hydrogens is 319 g/mol. The Balaban J connectivity index is 2.37. The van der Waals surface area contributed by atoms with Crippen LogP contribution in [0.25, 0.3) is 0 Å². The second-order valence-electron chi connectivity index (χ2n) is 5.97. The molecule has 122 valence electrons. The summed E-state index contributed by atoms with van der Waals surface area (Å²) in [6.45, 7) is 3.92. The number of halogens is 3. The molecule has 6 heteroatoms. The molecule has 0 saturated heterocycles. The van der Waals surface area contributed by atoms with Gasteiger partial charge in [-0.3, -0.25) is 4.79 Å². The van der Waals surface area contributed by atoms with Gasteiger partial charge in [0.25, 0.3) is 0 Å². The molecule has 0 aliphatic carbocycles. The highest BCUT2D eigenvalue weighted by molar-refractivity contribution is 6.90. The first-order valence-electron chi connectivity index (χ1n) is 7.21. The van der Waals surface area contributed by atoms with Gasteiger partial charge in [0.1, 0.15) is 8.07 Å². The summed E-state index contributed by atoms with van der Waals surface area (Å²) in [4.78, 5) is 12.8. The average Bonchev–Trinajstić information content (AvgIpc) is 2.53. The quantitative estimate of drug-likeness (QED) is 0.779. The van der Waals surface area contributed by atoms with Crippen molar-refractivity contribution in [1.82, 2.24) is 0 Å². The number of rotatable bonds is 4. The van der Waals surface area contributed by atoms with Crippen molar-refractivity contribution in [2.45, 2.75) is 19.3 Å². The highest BCUT2D eigenvalue weighted by atomic mass is 28.3. The van der Waals surface area contributed by atoms with Crippen molar-refractivity contribution in [3.63, 3.8) is 0 Å². The Morgan fingerprint density at radius 1 is 0.957 bits per heavy atom. The van der Waals surface area contributed by atoms with E-state index >= 15 is 0 Å². The molecule has 0 atom stereocenters. The van der Waals surface area contributed by atoms with Gasteiger partial charge in [-0.25, -0.2) is 0 Å². The summed E-state index contributed by atoms with van der Waals surface area (Å²) in [6.07, 6.45) is -4.82. The highest BCUT2D eigenvalue weighted by Crippen LogP contribution is 2.25. The lowest BCUT2D eigenvalue weighted by Gasteiger charge is -2.32. The fourth-order valence-corrected chi connectivity index (χ4v) is 4.81. The number of hydrogen-bond donors (Lipinski definition) is 0. The predicted molar refractivity (Wildman–Crippen MR) is 88.4 cm³/mol. The van der Waals surface area contributed by atoms with Crippen molar-refractivity contribution in [3.05, 3.63) is 60.7 Å². The van der Waals surface area contributed by atoms with Crippen LogP contribution < -0.4 is 10.1 Å². The molecule has 2 aromatic carbocycles. The number of para-hydroxylation sites is 1. The van der Waals surface area contributed by atoms with Gasteiger partial charge in [0, 0.05) is 11.9 Å². The fourth-order valence-electron chi connectivity index (χ4n) is 2.42. The van der Waals surface area contributed by atoms with E-state index in [1.54, 1.807) is 18.2 Å². The van der Waals surface area contributed by atoms with Gasteiger partial charge in [0.2, 0.25) is 0 Å². The van der Waals surface area contributed by atoms with Crippen molar-refractivity contribution in [3.8, 4) is 0 Å². The fraction of sp³-hybridized carbons (Fsp3) is 0.235. The van der Waals surface area contributed by atoms with Crippen molar-refractivity contribution in [1.29, 1.82) is 0 Å². The molecule has 0 fully saturated rings. The molecule has 0 radical (unpaired) electrons. The van der Waals surface area contributed by atoms with E-state index in [9.17, 15) is 18.0 Å². The number of carbonyl (C=O) groups is 1. The Hall–Kier alpha value is -2.08. The molecule has 2 nitrogen and oxygen atoms in total. The first kappa shape index (κ1) is 17.3. The molecule has 2 aromatic rings. The predicted octanol–water partition coefficient (Wildman–Crippen LogP) is 3.74. The summed E-state index contributed by atoms with van der Waals surface area (Å²) in [6, 6.07) is 17.4. The minimum Gasteiger partial charge on any atom is -0.307 e. The second-order valence-corrected chi connectivity index (χ2v) is 10.6. The zero-order chi connectivity index (χ0) is 17.1. The second kappa shape index (κ2) is 6.58. The highest BCUT2D eigenvalue weighted by Gasteiger charge is 2.44. The van der Waals surface area contributed by atoms with Crippen LogP contribution in [-0.4, -0.2) is 26.3 Å². The van der Waals surface area contributed by atoms with Gasteiger partial charge in [-0.2, -0.15) is 13.2 Å². The van der Waals surface area contributed by atoms with E-state index in [0.29, 0.717) is 0 Å². The molecule has 1 amide bonds. The number of carbonyl (C=O) groups excluding carboxylic acids is 1. The average molecular weight is 337 g/mol. The van der Waals surface area contributed by atoms with Crippen LogP contribution in [0, 0.1) is 0 Å². The SMILES string of the molecule is C[Si](C)(CN(C(=O)C(F)(F)F)c1ccccc1)c1ccccc1. The normalized spacial score (nSPS) is 12.0. The van der Waals surface area contributed by atoms with Gasteiger partial charge in [-0.15, -0.1) is 0 Å². The third-order valence-electron chi connectivity index (χ3n) is 3.66. The third kappa shape index (κ3) is 4.22. The maximum absolute atomic E-state index is 13.0. The van der Waals surface area contributed by atoms with E-state index in [1.165, 1.54) is 12.1 Å². The van der Waals surface area contributed by atoms with Crippen LogP contribution in [0.5, 0.6) is 0 Å². The summed E-state index contributed by atoms with van der Waals surface area (Å²) in [7, 11) is -2.26. The van der Waals surface area contributed by atoms with Gasteiger partial charge in [-0.1, -0.05) is 66.8 Å². The van der Waals surface area contributed by atoms with E-state index < -0.39 is 20.2 Å². The Morgan fingerprint density at radius 3 is 1.91 bits per heavy atom. The number of benzene rings is 2. The molecule has 0 aliphatic heterocycles. The van der Waals surface area contributed by atoms with Crippen molar-refractivity contribution < 1.29 is 18.0 Å². The zero-order valence-corrected chi connectivity index (χ0v) is 14.0. The van der Waals surface area contributed by atoms with Crippen LogP contribution in [0.15, 0.2) is 60.7 Å². The van der Waals surface area contributed by atoms with E-state index in [4.69, 9.17) is 0 Å². The number of anilines is 1. The molecule has 0 saturated carbocycles. The minimum atomic E-state index is -4.89. The molecule has 0 bridgehead atoms.